The second-order valence-corrected chi connectivity index (χ2v) is 4.06. The minimum Gasteiger partial charge on any atom is -0.480 e. The van der Waals surface area contributed by atoms with Crippen LogP contribution in [0.4, 0.5) is 5.69 Å². The van der Waals surface area contributed by atoms with Gasteiger partial charge in [0.2, 0.25) is 11.8 Å². The predicted octanol–water partition coefficient (Wildman–Crippen LogP) is 1.38. The number of anilines is 1. The van der Waals surface area contributed by atoms with Crippen molar-refractivity contribution in [2.45, 2.75) is 13.3 Å². The average molecular weight is 230 g/mol. The number of carbonyl (C=O) groups is 1. The van der Waals surface area contributed by atoms with Crippen LogP contribution in [0.3, 0.4) is 0 Å². The van der Waals surface area contributed by atoms with Gasteiger partial charge < -0.3 is 9.64 Å². The van der Waals surface area contributed by atoms with Crippen LogP contribution in [0, 0.1) is 25.2 Å². The minimum atomic E-state index is -0.0215. The molecule has 1 atom stereocenters. The Balaban J connectivity index is 2.41. The molecule has 1 aliphatic rings. The fraction of sp³-hybridized carbons (Fsp3) is 0.385. The number of amides is 1. The van der Waals surface area contributed by atoms with E-state index in [0.29, 0.717) is 18.8 Å². The molecule has 4 heteroatoms. The van der Waals surface area contributed by atoms with Crippen LogP contribution in [0.2, 0.25) is 0 Å². The molecular weight excluding hydrogens is 216 g/mol. The summed E-state index contributed by atoms with van der Waals surface area (Å²) < 4.78 is 5.20. The molecule has 1 fully saturated rings. The van der Waals surface area contributed by atoms with Crippen LogP contribution in [-0.4, -0.2) is 24.5 Å². The number of hydrogen-bond donors (Lipinski definition) is 0. The highest BCUT2D eigenvalue weighted by atomic mass is 16.5. The van der Waals surface area contributed by atoms with E-state index < -0.39 is 0 Å². The Morgan fingerprint density at radius 2 is 2.41 bits per heavy atom. The number of aromatic nitrogens is 1. The molecule has 1 unspecified atom stereocenters. The molecule has 1 aromatic heterocycles. The third kappa shape index (κ3) is 1.96. The maximum atomic E-state index is 11.9. The molecule has 2 rings (SSSR count). The third-order valence-corrected chi connectivity index (χ3v) is 2.92. The number of terminal acetylenes is 1. The van der Waals surface area contributed by atoms with Crippen molar-refractivity contribution in [3.8, 4) is 18.2 Å². The van der Waals surface area contributed by atoms with Gasteiger partial charge in [-0.15, -0.1) is 12.3 Å². The van der Waals surface area contributed by atoms with Crippen LogP contribution in [0.25, 0.3) is 0 Å². The Morgan fingerprint density at radius 1 is 1.65 bits per heavy atom. The summed E-state index contributed by atoms with van der Waals surface area (Å²) in [7, 11) is 1.55. The smallest absolute Gasteiger partial charge is 0.237 e. The zero-order valence-corrected chi connectivity index (χ0v) is 9.93. The van der Waals surface area contributed by atoms with Crippen molar-refractivity contribution in [1.29, 1.82) is 0 Å². The first-order chi connectivity index (χ1) is 8.17. The molecule has 0 bridgehead atoms. The fourth-order valence-electron chi connectivity index (χ4n) is 2.04. The monoisotopic (exact) mass is 230 g/mol. The number of methoxy groups -OCH3 is 1. The number of aryl methyl sites for hydroxylation is 1. The largest absolute Gasteiger partial charge is 0.480 e. The summed E-state index contributed by atoms with van der Waals surface area (Å²) in [6, 6.07) is 1.86. The number of rotatable bonds is 2. The zero-order chi connectivity index (χ0) is 12.4. The third-order valence-electron chi connectivity index (χ3n) is 2.92. The van der Waals surface area contributed by atoms with Crippen LogP contribution in [0.5, 0.6) is 5.88 Å². The molecule has 4 nitrogen and oxygen atoms in total. The van der Waals surface area contributed by atoms with E-state index in [1.807, 2.05) is 13.0 Å². The summed E-state index contributed by atoms with van der Waals surface area (Å²) in [6.07, 6.45) is 7.43. The molecule has 1 amide bonds. The van der Waals surface area contributed by atoms with Crippen LogP contribution < -0.4 is 9.64 Å². The Labute approximate surface area is 101 Å². The molecule has 0 aromatic carbocycles. The van der Waals surface area contributed by atoms with E-state index in [0.717, 1.165) is 11.3 Å². The van der Waals surface area contributed by atoms with Gasteiger partial charge in [-0.3, -0.25) is 4.79 Å². The highest BCUT2D eigenvalue weighted by molar-refractivity contribution is 5.98. The molecule has 1 aromatic rings. The maximum absolute atomic E-state index is 11.9. The summed E-state index contributed by atoms with van der Waals surface area (Å²) in [5.74, 6) is 3.10. The average Bonchev–Trinajstić information content (AvgIpc) is 2.70. The van der Waals surface area contributed by atoms with Crippen molar-refractivity contribution < 1.29 is 9.53 Å². The van der Waals surface area contributed by atoms with Crippen LogP contribution in [0.15, 0.2) is 12.3 Å². The van der Waals surface area contributed by atoms with Gasteiger partial charge in [0.15, 0.2) is 0 Å². The SMILES string of the molecule is C#CC1CC(=O)N(c2c(C)ccnc2OC)C1. The molecule has 2 heterocycles. The van der Waals surface area contributed by atoms with Gasteiger partial charge in [-0.2, -0.15) is 0 Å². The standard InChI is InChI=1S/C13H14N2O2/c1-4-10-7-11(16)15(8-10)12-9(2)5-6-14-13(12)17-3/h1,5-6,10H,7-8H2,2-3H3. The lowest BCUT2D eigenvalue weighted by molar-refractivity contribution is -0.117. The first kappa shape index (κ1) is 11.5. The Bertz CT molecular complexity index is 491. The van der Waals surface area contributed by atoms with Crippen LogP contribution in [0.1, 0.15) is 12.0 Å². The van der Waals surface area contributed by atoms with Crippen molar-refractivity contribution in [1.82, 2.24) is 4.98 Å². The number of ether oxygens (including phenoxy) is 1. The van der Waals surface area contributed by atoms with Gasteiger partial charge in [-0.1, -0.05) is 0 Å². The first-order valence-electron chi connectivity index (χ1n) is 5.43. The quantitative estimate of drug-likeness (QED) is 0.721. The van der Waals surface area contributed by atoms with E-state index in [2.05, 4.69) is 10.9 Å². The Hall–Kier alpha value is -2.02. The summed E-state index contributed by atoms with van der Waals surface area (Å²) >= 11 is 0. The lowest BCUT2D eigenvalue weighted by Gasteiger charge is -2.20. The zero-order valence-electron chi connectivity index (χ0n) is 9.93. The number of nitrogens with zero attached hydrogens (tertiary/aromatic N) is 2. The topological polar surface area (TPSA) is 42.4 Å². The molecule has 1 aliphatic heterocycles. The van der Waals surface area contributed by atoms with Crippen molar-refractivity contribution in [3.05, 3.63) is 17.8 Å². The van der Waals surface area contributed by atoms with Gasteiger partial charge in [0.05, 0.1) is 7.11 Å². The van der Waals surface area contributed by atoms with Crippen molar-refractivity contribution in [2.75, 3.05) is 18.6 Å². The number of carbonyl (C=O) groups excluding carboxylic acids is 1. The summed E-state index contributed by atoms with van der Waals surface area (Å²) in [4.78, 5) is 17.7. The molecule has 0 N–H and O–H groups in total. The lowest BCUT2D eigenvalue weighted by atomic mass is 10.1. The molecule has 0 saturated carbocycles. The van der Waals surface area contributed by atoms with Crippen LogP contribution >= 0.6 is 0 Å². The summed E-state index contributed by atoms with van der Waals surface area (Å²) in [6.45, 7) is 2.47. The van der Waals surface area contributed by atoms with Gasteiger partial charge in [0, 0.05) is 25.1 Å². The maximum Gasteiger partial charge on any atom is 0.237 e. The molecule has 1 saturated heterocycles. The Kier molecular flexibility index (Phi) is 3.01. The van der Waals surface area contributed by atoms with E-state index in [1.54, 1.807) is 18.2 Å². The van der Waals surface area contributed by atoms with Crippen molar-refractivity contribution in [3.63, 3.8) is 0 Å². The van der Waals surface area contributed by atoms with Crippen molar-refractivity contribution >= 4 is 11.6 Å². The predicted molar refractivity (Wildman–Crippen MR) is 64.8 cm³/mol. The number of pyridine rings is 1. The first-order valence-corrected chi connectivity index (χ1v) is 5.43. The van der Waals surface area contributed by atoms with E-state index in [1.165, 1.54) is 0 Å². The molecule has 17 heavy (non-hydrogen) atoms. The lowest BCUT2D eigenvalue weighted by Crippen LogP contribution is -2.26. The summed E-state index contributed by atoms with van der Waals surface area (Å²) in [5, 5.41) is 0. The summed E-state index contributed by atoms with van der Waals surface area (Å²) in [5.41, 5.74) is 1.70. The van der Waals surface area contributed by atoms with E-state index in [-0.39, 0.29) is 11.8 Å². The second kappa shape index (κ2) is 4.46. The van der Waals surface area contributed by atoms with Gasteiger partial charge in [-0.25, -0.2) is 4.98 Å². The molecule has 0 aliphatic carbocycles. The number of hydrogen-bond acceptors (Lipinski definition) is 3. The minimum absolute atomic E-state index is 0.0215. The normalized spacial score (nSPS) is 19.2. The molecule has 0 spiro atoms. The van der Waals surface area contributed by atoms with Crippen molar-refractivity contribution in [2.24, 2.45) is 5.92 Å². The van der Waals surface area contributed by atoms with Crippen LogP contribution in [-0.2, 0) is 4.79 Å². The Morgan fingerprint density at radius 3 is 3.00 bits per heavy atom. The fourth-order valence-corrected chi connectivity index (χ4v) is 2.04. The highest BCUT2D eigenvalue weighted by Gasteiger charge is 2.32. The second-order valence-electron chi connectivity index (χ2n) is 4.06. The molecule has 0 radical (unpaired) electrons. The van der Waals surface area contributed by atoms with E-state index in [4.69, 9.17) is 11.2 Å². The van der Waals surface area contributed by atoms with E-state index in [9.17, 15) is 4.79 Å². The van der Waals surface area contributed by atoms with E-state index >= 15 is 0 Å². The molecule has 88 valence electrons. The van der Waals surface area contributed by atoms with Gasteiger partial charge >= 0.3 is 0 Å². The van der Waals surface area contributed by atoms with Gasteiger partial charge in [0.25, 0.3) is 0 Å². The van der Waals surface area contributed by atoms with Gasteiger partial charge in [-0.05, 0) is 18.6 Å². The van der Waals surface area contributed by atoms with Gasteiger partial charge in [0.1, 0.15) is 5.69 Å². The molecular formula is C13H14N2O2. The highest BCUT2D eigenvalue weighted by Crippen LogP contribution is 2.33.